The number of anilines is 1. The third-order valence-electron chi connectivity index (χ3n) is 4.35. The van der Waals surface area contributed by atoms with Crippen LogP contribution in [0.2, 0.25) is 5.02 Å². The van der Waals surface area contributed by atoms with Crippen molar-refractivity contribution in [2.45, 2.75) is 17.9 Å². The maximum atomic E-state index is 13.6. The van der Waals surface area contributed by atoms with Crippen LogP contribution in [0.3, 0.4) is 0 Å². The van der Waals surface area contributed by atoms with Crippen LogP contribution in [0.5, 0.6) is 5.75 Å². The number of hydrogen-bond donors (Lipinski definition) is 2. The molecule has 0 radical (unpaired) electrons. The topological polar surface area (TPSA) is 84.5 Å². The van der Waals surface area contributed by atoms with E-state index in [1.165, 1.54) is 36.4 Å². The van der Waals surface area contributed by atoms with Gasteiger partial charge in [-0.25, -0.2) is 17.5 Å². The smallest absolute Gasteiger partial charge is 0.262 e. The Balaban J connectivity index is 1.64. The molecule has 2 N–H and O–H groups in total. The molecule has 1 atom stereocenters. The van der Waals surface area contributed by atoms with Gasteiger partial charge >= 0.3 is 0 Å². The van der Waals surface area contributed by atoms with E-state index in [9.17, 15) is 17.6 Å². The monoisotopic (exact) mass is 462 g/mol. The Hall–Kier alpha value is -2.94. The highest BCUT2D eigenvalue weighted by Crippen LogP contribution is 2.28. The molecule has 0 spiro atoms. The van der Waals surface area contributed by atoms with Crippen molar-refractivity contribution in [2.24, 2.45) is 0 Å². The van der Waals surface area contributed by atoms with Gasteiger partial charge in [0.05, 0.1) is 15.6 Å². The van der Waals surface area contributed by atoms with Crippen LogP contribution in [0.4, 0.5) is 10.1 Å². The molecule has 31 heavy (non-hydrogen) atoms. The fourth-order valence-corrected chi connectivity index (χ4v) is 4.33. The minimum atomic E-state index is -3.83. The molecule has 3 aromatic carbocycles. The number of halogens is 2. The predicted molar refractivity (Wildman–Crippen MR) is 117 cm³/mol. The zero-order chi connectivity index (χ0) is 22.4. The Morgan fingerprint density at radius 2 is 1.74 bits per heavy atom. The van der Waals surface area contributed by atoms with E-state index in [0.29, 0.717) is 0 Å². The van der Waals surface area contributed by atoms with E-state index >= 15 is 0 Å². The molecule has 6 nitrogen and oxygen atoms in total. The summed E-state index contributed by atoms with van der Waals surface area (Å²) in [6, 6.07) is 18.4. The van der Waals surface area contributed by atoms with Gasteiger partial charge in [0.15, 0.2) is 6.61 Å². The maximum absolute atomic E-state index is 13.6. The van der Waals surface area contributed by atoms with E-state index < -0.39 is 34.4 Å². The lowest BCUT2D eigenvalue weighted by Gasteiger charge is -2.15. The van der Waals surface area contributed by atoms with Gasteiger partial charge in [-0.1, -0.05) is 54.1 Å². The number of carbonyl (C=O) groups is 1. The van der Waals surface area contributed by atoms with E-state index in [-0.39, 0.29) is 21.4 Å². The lowest BCUT2D eigenvalue weighted by atomic mass is 10.1. The highest BCUT2D eigenvalue weighted by Gasteiger charge is 2.20. The van der Waals surface area contributed by atoms with Gasteiger partial charge in [-0.2, -0.15) is 0 Å². The van der Waals surface area contributed by atoms with Gasteiger partial charge in [0, 0.05) is 6.04 Å². The van der Waals surface area contributed by atoms with Crippen LogP contribution in [-0.2, 0) is 14.8 Å². The van der Waals surface area contributed by atoms with E-state index in [1.54, 1.807) is 13.0 Å². The first kappa shape index (κ1) is 22.7. The Morgan fingerprint density at radius 1 is 1.06 bits per heavy atom. The number of amides is 1. The minimum Gasteiger partial charge on any atom is -0.482 e. The Morgan fingerprint density at radius 3 is 2.42 bits per heavy atom. The molecule has 0 saturated carbocycles. The number of rotatable bonds is 8. The second-order valence-electron chi connectivity index (χ2n) is 6.66. The molecule has 0 saturated heterocycles. The van der Waals surface area contributed by atoms with E-state index in [0.717, 1.165) is 5.56 Å². The fourth-order valence-electron chi connectivity index (χ4n) is 2.77. The van der Waals surface area contributed by atoms with Crippen LogP contribution in [0.15, 0.2) is 77.7 Å². The van der Waals surface area contributed by atoms with Crippen LogP contribution in [-0.4, -0.2) is 20.9 Å². The number of hydrogen-bond acceptors (Lipinski definition) is 4. The summed E-state index contributed by atoms with van der Waals surface area (Å²) in [7, 11) is -3.83. The number of sulfonamides is 1. The number of para-hydroxylation sites is 1. The van der Waals surface area contributed by atoms with Crippen LogP contribution in [0, 0.1) is 5.82 Å². The number of benzene rings is 3. The number of nitrogens with one attached hydrogen (secondary N) is 2. The summed E-state index contributed by atoms with van der Waals surface area (Å²) in [6.07, 6.45) is 0. The van der Waals surface area contributed by atoms with Crippen LogP contribution in [0.1, 0.15) is 18.5 Å². The maximum Gasteiger partial charge on any atom is 0.262 e. The van der Waals surface area contributed by atoms with Gasteiger partial charge in [0.25, 0.3) is 5.91 Å². The summed E-state index contributed by atoms with van der Waals surface area (Å²) >= 11 is 6.15. The van der Waals surface area contributed by atoms with E-state index in [1.807, 2.05) is 30.3 Å². The summed E-state index contributed by atoms with van der Waals surface area (Å²) in [6.45, 7) is 1.31. The predicted octanol–water partition coefficient (Wildman–Crippen LogP) is 4.54. The molecular formula is C22H20ClFN2O4S. The molecule has 0 heterocycles. The zero-order valence-corrected chi connectivity index (χ0v) is 18.1. The summed E-state index contributed by atoms with van der Waals surface area (Å²) in [5, 5.41) is 2.41. The van der Waals surface area contributed by atoms with Gasteiger partial charge in [0.2, 0.25) is 10.0 Å². The number of carbonyl (C=O) groups excluding carboxylic acids is 1. The highest BCUT2D eigenvalue weighted by atomic mass is 35.5. The normalized spacial score (nSPS) is 12.2. The molecule has 1 amide bonds. The Bertz CT molecular complexity index is 1170. The van der Waals surface area contributed by atoms with Gasteiger partial charge in [-0.3, -0.25) is 4.79 Å². The van der Waals surface area contributed by atoms with Crippen molar-refractivity contribution in [1.82, 2.24) is 4.72 Å². The van der Waals surface area contributed by atoms with Gasteiger partial charge in [0.1, 0.15) is 11.6 Å². The second kappa shape index (κ2) is 9.91. The fraction of sp³-hybridized carbons (Fsp3) is 0.136. The summed E-state index contributed by atoms with van der Waals surface area (Å²) in [5.41, 5.74) is 0.847. The lowest BCUT2D eigenvalue weighted by Crippen LogP contribution is -2.27. The molecule has 162 valence electrons. The van der Waals surface area contributed by atoms with Crippen molar-refractivity contribution in [1.29, 1.82) is 0 Å². The molecule has 0 aromatic heterocycles. The average molecular weight is 463 g/mol. The van der Waals surface area contributed by atoms with Gasteiger partial charge < -0.3 is 10.1 Å². The summed E-state index contributed by atoms with van der Waals surface area (Å²) in [4.78, 5) is 11.9. The van der Waals surface area contributed by atoms with Crippen LogP contribution >= 0.6 is 11.6 Å². The molecule has 0 fully saturated rings. The Labute approximate surface area is 185 Å². The quantitative estimate of drug-likeness (QED) is 0.515. The minimum absolute atomic E-state index is 0.0222. The molecule has 0 aliphatic rings. The third-order valence-corrected chi connectivity index (χ3v) is 6.19. The van der Waals surface area contributed by atoms with Crippen molar-refractivity contribution in [3.8, 4) is 5.75 Å². The van der Waals surface area contributed by atoms with Gasteiger partial charge in [-0.05, 0) is 42.8 Å². The lowest BCUT2D eigenvalue weighted by molar-refractivity contribution is -0.118. The molecule has 0 aliphatic carbocycles. The Kier molecular flexibility index (Phi) is 7.27. The molecule has 3 rings (SSSR count). The van der Waals surface area contributed by atoms with Crippen molar-refractivity contribution in [2.75, 3.05) is 11.9 Å². The molecule has 3 aromatic rings. The van der Waals surface area contributed by atoms with Crippen LogP contribution in [0.25, 0.3) is 0 Å². The van der Waals surface area contributed by atoms with Crippen molar-refractivity contribution >= 4 is 33.2 Å². The number of ether oxygens (including phenoxy) is 1. The van der Waals surface area contributed by atoms with Gasteiger partial charge in [-0.15, -0.1) is 0 Å². The first-order valence-corrected chi connectivity index (χ1v) is 11.2. The third kappa shape index (κ3) is 6.04. The summed E-state index contributed by atoms with van der Waals surface area (Å²) < 4.78 is 46.9. The van der Waals surface area contributed by atoms with Crippen molar-refractivity contribution < 1.29 is 22.3 Å². The average Bonchev–Trinajstić information content (AvgIpc) is 2.75. The molecule has 0 unspecified atom stereocenters. The standard InChI is InChI=1S/C22H20ClFN2O4S/c1-15(16-7-3-2-4-8-16)26-31(28,29)17-11-12-21(18(23)13-17)30-14-22(27)25-20-10-6-5-9-19(20)24/h2-13,15,26H,14H2,1H3,(H,25,27)/t15-/m0/s1. The highest BCUT2D eigenvalue weighted by molar-refractivity contribution is 7.89. The van der Waals surface area contributed by atoms with E-state index in [2.05, 4.69) is 10.0 Å². The first-order chi connectivity index (χ1) is 14.8. The largest absolute Gasteiger partial charge is 0.482 e. The molecule has 0 aliphatic heterocycles. The van der Waals surface area contributed by atoms with Crippen LogP contribution < -0.4 is 14.8 Å². The SMILES string of the molecule is C[C@H](NS(=O)(=O)c1ccc(OCC(=O)Nc2ccccc2F)c(Cl)c1)c1ccccc1. The van der Waals surface area contributed by atoms with Crippen molar-refractivity contribution in [3.63, 3.8) is 0 Å². The molecule has 9 heteroatoms. The first-order valence-electron chi connectivity index (χ1n) is 9.30. The molecule has 0 bridgehead atoms. The zero-order valence-electron chi connectivity index (χ0n) is 16.5. The van der Waals surface area contributed by atoms with Crippen molar-refractivity contribution in [3.05, 3.63) is 89.2 Å². The van der Waals surface area contributed by atoms with E-state index in [4.69, 9.17) is 16.3 Å². The summed E-state index contributed by atoms with van der Waals surface area (Å²) in [5.74, 6) is -1.03. The second-order valence-corrected chi connectivity index (χ2v) is 8.78. The molecular weight excluding hydrogens is 443 g/mol.